The maximum Gasteiger partial charge on any atom is 0.409 e. The summed E-state index contributed by atoms with van der Waals surface area (Å²) in [7, 11) is 5.00. The van der Waals surface area contributed by atoms with E-state index in [9.17, 15) is 4.79 Å². The van der Waals surface area contributed by atoms with Gasteiger partial charge in [-0.05, 0) is 25.8 Å². The number of benzene rings is 1. The van der Waals surface area contributed by atoms with Gasteiger partial charge in [0.1, 0.15) is 0 Å². The number of nitrogens with zero attached hydrogens (tertiary/aromatic N) is 2. The standard InChI is InChI=1S/C19H30N4O4.HI/c1-5-27-19(24)23-11-9-15(10-12-23)22-18(20-2)21-13-14-7-6-8-16(25-3)17(14)26-4;/h6-8,15H,5,9-13H2,1-4H3,(H2,20,21,22);1H. The second kappa shape index (κ2) is 12.5. The van der Waals surface area contributed by atoms with Gasteiger partial charge in [-0.15, -0.1) is 24.0 Å². The third-order valence-electron chi connectivity index (χ3n) is 4.52. The highest BCUT2D eigenvalue weighted by atomic mass is 127. The number of aliphatic imine (C=N–C) groups is 1. The predicted molar refractivity (Wildman–Crippen MR) is 120 cm³/mol. The molecule has 1 aromatic carbocycles. The van der Waals surface area contributed by atoms with Crippen molar-refractivity contribution in [3.8, 4) is 11.5 Å². The van der Waals surface area contributed by atoms with E-state index in [0.29, 0.717) is 37.7 Å². The number of hydrogen-bond donors (Lipinski definition) is 2. The molecule has 0 aromatic heterocycles. The van der Waals surface area contributed by atoms with Gasteiger partial charge in [0.05, 0.1) is 20.8 Å². The molecule has 0 bridgehead atoms. The molecule has 1 saturated heterocycles. The van der Waals surface area contributed by atoms with E-state index in [0.717, 1.165) is 24.4 Å². The summed E-state index contributed by atoms with van der Waals surface area (Å²) in [6.45, 7) is 4.14. The summed E-state index contributed by atoms with van der Waals surface area (Å²) in [5.74, 6) is 2.13. The zero-order valence-corrected chi connectivity index (χ0v) is 19.3. The van der Waals surface area contributed by atoms with Crippen molar-refractivity contribution < 1.29 is 19.0 Å². The van der Waals surface area contributed by atoms with Crippen molar-refractivity contribution in [1.29, 1.82) is 0 Å². The van der Waals surface area contributed by atoms with Crippen LogP contribution in [0.1, 0.15) is 25.3 Å². The summed E-state index contributed by atoms with van der Waals surface area (Å²) in [6.07, 6.45) is 1.47. The highest BCUT2D eigenvalue weighted by Gasteiger charge is 2.24. The quantitative estimate of drug-likeness (QED) is 0.351. The fraction of sp³-hybridized carbons (Fsp3) is 0.579. The van der Waals surface area contributed by atoms with E-state index in [2.05, 4.69) is 15.6 Å². The van der Waals surface area contributed by atoms with Crippen LogP contribution in [0, 0.1) is 0 Å². The van der Waals surface area contributed by atoms with Crippen LogP contribution in [0.3, 0.4) is 0 Å². The number of methoxy groups -OCH3 is 2. The van der Waals surface area contributed by atoms with Gasteiger partial charge in [0.25, 0.3) is 0 Å². The molecule has 1 aliphatic heterocycles. The Kier molecular flexibility index (Phi) is 10.8. The normalized spacial score (nSPS) is 14.7. The highest BCUT2D eigenvalue weighted by Crippen LogP contribution is 2.30. The molecule has 9 heteroatoms. The number of piperidine rings is 1. The molecule has 0 atom stereocenters. The third-order valence-corrected chi connectivity index (χ3v) is 4.52. The molecule has 158 valence electrons. The Bertz CT molecular complexity index is 649. The Balaban J connectivity index is 0.00000392. The highest BCUT2D eigenvalue weighted by molar-refractivity contribution is 14.0. The van der Waals surface area contributed by atoms with Gasteiger partial charge in [0, 0.05) is 38.3 Å². The first kappa shape index (κ1) is 24.1. The molecule has 0 radical (unpaired) electrons. The van der Waals surface area contributed by atoms with E-state index in [-0.39, 0.29) is 36.1 Å². The lowest BCUT2D eigenvalue weighted by molar-refractivity contribution is 0.0963. The number of para-hydroxylation sites is 1. The van der Waals surface area contributed by atoms with Gasteiger partial charge in [-0.1, -0.05) is 12.1 Å². The summed E-state index contributed by atoms with van der Waals surface area (Å²) in [5.41, 5.74) is 0.983. The number of halogens is 1. The van der Waals surface area contributed by atoms with E-state index in [1.165, 1.54) is 0 Å². The van der Waals surface area contributed by atoms with Gasteiger partial charge in [-0.2, -0.15) is 0 Å². The topological polar surface area (TPSA) is 84.4 Å². The van der Waals surface area contributed by atoms with Gasteiger partial charge in [0.2, 0.25) is 0 Å². The first-order valence-corrected chi connectivity index (χ1v) is 9.21. The van der Waals surface area contributed by atoms with Crippen molar-refractivity contribution >= 4 is 36.0 Å². The van der Waals surface area contributed by atoms with Crippen LogP contribution < -0.4 is 20.1 Å². The maximum atomic E-state index is 11.8. The molecule has 1 aromatic rings. The summed E-state index contributed by atoms with van der Waals surface area (Å²) in [5, 5.41) is 6.73. The molecule has 2 N–H and O–H groups in total. The van der Waals surface area contributed by atoms with Crippen LogP contribution in [-0.4, -0.2) is 64.0 Å². The molecular formula is C19H31IN4O4. The van der Waals surface area contributed by atoms with E-state index in [4.69, 9.17) is 14.2 Å². The third kappa shape index (κ3) is 6.61. The van der Waals surface area contributed by atoms with Gasteiger partial charge in [0.15, 0.2) is 17.5 Å². The largest absolute Gasteiger partial charge is 0.493 e. The number of carbonyl (C=O) groups excluding carboxylic acids is 1. The molecule has 28 heavy (non-hydrogen) atoms. The zero-order valence-electron chi connectivity index (χ0n) is 17.0. The lowest BCUT2D eigenvalue weighted by Crippen LogP contribution is -2.49. The number of carbonyl (C=O) groups is 1. The molecule has 0 saturated carbocycles. The SMILES string of the molecule is CCOC(=O)N1CCC(NC(=NC)NCc2cccc(OC)c2OC)CC1.I. The fourth-order valence-electron chi connectivity index (χ4n) is 3.08. The van der Waals surface area contributed by atoms with Crippen molar-refractivity contribution in [2.75, 3.05) is 41.0 Å². The van der Waals surface area contributed by atoms with Crippen LogP contribution in [0.15, 0.2) is 23.2 Å². The number of amides is 1. The van der Waals surface area contributed by atoms with Gasteiger partial charge < -0.3 is 29.7 Å². The van der Waals surface area contributed by atoms with Crippen molar-refractivity contribution in [2.24, 2.45) is 4.99 Å². The Labute approximate surface area is 184 Å². The molecule has 0 aliphatic carbocycles. The lowest BCUT2D eigenvalue weighted by atomic mass is 10.1. The monoisotopic (exact) mass is 506 g/mol. The van der Waals surface area contributed by atoms with Crippen LogP contribution in [0.4, 0.5) is 4.79 Å². The number of likely N-dealkylation sites (tertiary alicyclic amines) is 1. The van der Waals surface area contributed by atoms with Crippen LogP contribution >= 0.6 is 24.0 Å². The van der Waals surface area contributed by atoms with Gasteiger partial charge >= 0.3 is 6.09 Å². The Morgan fingerprint density at radius 2 is 1.96 bits per heavy atom. The summed E-state index contributed by atoms with van der Waals surface area (Å²) >= 11 is 0. The van der Waals surface area contributed by atoms with Gasteiger partial charge in [-0.25, -0.2) is 4.79 Å². The van der Waals surface area contributed by atoms with Crippen LogP contribution in [0.25, 0.3) is 0 Å². The first-order valence-electron chi connectivity index (χ1n) is 9.21. The number of nitrogens with one attached hydrogen (secondary N) is 2. The first-order chi connectivity index (χ1) is 13.1. The Morgan fingerprint density at radius 1 is 1.25 bits per heavy atom. The maximum absolute atomic E-state index is 11.8. The van der Waals surface area contributed by atoms with E-state index in [1.54, 1.807) is 26.2 Å². The number of guanidine groups is 1. The Morgan fingerprint density at radius 3 is 2.54 bits per heavy atom. The zero-order chi connectivity index (χ0) is 19.6. The van der Waals surface area contributed by atoms with Crippen LogP contribution in [0.2, 0.25) is 0 Å². The van der Waals surface area contributed by atoms with Crippen LogP contribution in [0.5, 0.6) is 11.5 Å². The summed E-state index contributed by atoms with van der Waals surface area (Å²) in [6, 6.07) is 6.04. The van der Waals surface area contributed by atoms with Crippen LogP contribution in [-0.2, 0) is 11.3 Å². The molecule has 1 fully saturated rings. The minimum absolute atomic E-state index is 0. The Hall–Kier alpha value is -1.91. The average molecular weight is 506 g/mol. The molecule has 1 amide bonds. The fourth-order valence-corrected chi connectivity index (χ4v) is 3.08. The molecule has 1 aliphatic rings. The summed E-state index contributed by atoms with van der Waals surface area (Å²) < 4.78 is 15.9. The second-order valence-corrected chi connectivity index (χ2v) is 6.18. The predicted octanol–water partition coefficient (Wildman–Crippen LogP) is 2.61. The van der Waals surface area contributed by atoms with E-state index >= 15 is 0 Å². The van der Waals surface area contributed by atoms with E-state index in [1.807, 2.05) is 25.1 Å². The van der Waals surface area contributed by atoms with Crippen molar-refractivity contribution in [1.82, 2.24) is 15.5 Å². The van der Waals surface area contributed by atoms with Crippen molar-refractivity contribution in [3.63, 3.8) is 0 Å². The smallest absolute Gasteiger partial charge is 0.409 e. The second-order valence-electron chi connectivity index (χ2n) is 6.18. The minimum Gasteiger partial charge on any atom is -0.493 e. The summed E-state index contributed by atoms with van der Waals surface area (Å²) in [4.78, 5) is 17.8. The van der Waals surface area contributed by atoms with E-state index < -0.39 is 0 Å². The lowest BCUT2D eigenvalue weighted by Gasteiger charge is -2.32. The molecule has 1 heterocycles. The number of hydrogen-bond acceptors (Lipinski definition) is 5. The molecule has 8 nitrogen and oxygen atoms in total. The van der Waals surface area contributed by atoms with Crippen molar-refractivity contribution in [2.45, 2.75) is 32.4 Å². The van der Waals surface area contributed by atoms with Gasteiger partial charge in [-0.3, -0.25) is 4.99 Å². The minimum atomic E-state index is -0.233. The molecule has 2 rings (SSSR count). The molecule has 0 spiro atoms. The average Bonchev–Trinajstić information content (AvgIpc) is 2.71. The molecule has 0 unspecified atom stereocenters. The van der Waals surface area contributed by atoms with Crippen molar-refractivity contribution in [3.05, 3.63) is 23.8 Å². The number of rotatable bonds is 6. The molecular weight excluding hydrogens is 475 g/mol. The number of ether oxygens (including phenoxy) is 3.